The van der Waals surface area contributed by atoms with Gasteiger partial charge in [-0.25, -0.2) is 9.78 Å². The molecule has 8 heteroatoms. The summed E-state index contributed by atoms with van der Waals surface area (Å²) in [5.41, 5.74) is 4.07. The van der Waals surface area contributed by atoms with Crippen molar-refractivity contribution < 1.29 is 14.3 Å². The molecular formula is C27H31ClN4O3. The second-order valence-corrected chi connectivity index (χ2v) is 8.75. The zero-order valence-electron chi connectivity index (χ0n) is 20.8. The lowest BCUT2D eigenvalue weighted by Crippen LogP contribution is -2.29. The first kappa shape index (κ1) is 26.0. The average Bonchev–Trinajstić information content (AvgIpc) is 2.81. The maximum absolute atomic E-state index is 12.3. The smallest absolute Gasteiger partial charge is 0.410 e. The number of halogens is 1. The minimum atomic E-state index is -0.416. The van der Waals surface area contributed by atoms with E-state index in [-0.39, 0.29) is 19.3 Å². The molecule has 0 radical (unpaired) electrons. The van der Waals surface area contributed by atoms with Crippen LogP contribution < -0.4 is 9.64 Å². The number of pyridine rings is 2. The molecular weight excluding hydrogens is 464 g/mol. The molecule has 0 aliphatic heterocycles. The van der Waals surface area contributed by atoms with E-state index in [9.17, 15) is 4.79 Å². The van der Waals surface area contributed by atoms with Crippen LogP contribution in [0.15, 0.2) is 61.7 Å². The number of aryl methyl sites for hydroxylation is 1. The first-order valence-electron chi connectivity index (χ1n) is 11.3. The van der Waals surface area contributed by atoms with E-state index in [0.29, 0.717) is 10.8 Å². The van der Waals surface area contributed by atoms with Gasteiger partial charge in [0, 0.05) is 48.5 Å². The fraction of sp³-hybridized carbons (Fsp3) is 0.296. The third-order valence-corrected chi connectivity index (χ3v) is 5.54. The van der Waals surface area contributed by atoms with Crippen LogP contribution in [0, 0.1) is 6.92 Å². The fourth-order valence-corrected chi connectivity index (χ4v) is 3.85. The molecule has 0 fully saturated rings. The summed E-state index contributed by atoms with van der Waals surface area (Å²) in [6.07, 6.45) is 8.28. The molecule has 0 bridgehead atoms. The maximum atomic E-state index is 12.3. The van der Waals surface area contributed by atoms with Crippen LogP contribution >= 0.6 is 11.6 Å². The van der Waals surface area contributed by atoms with Crippen LogP contribution in [0.25, 0.3) is 10.9 Å². The molecule has 0 aliphatic carbocycles. The van der Waals surface area contributed by atoms with Gasteiger partial charge in [0.25, 0.3) is 0 Å². The Labute approximate surface area is 211 Å². The minimum Gasteiger partial charge on any atom is -0.487 e. The van der Waals surface area contributed by atoms with Gasteiger partial charge < -0.3 is 19.3 Å². The number of hydrogen-bond donors (Lipinski definition) is 0. The van der Waals surface area contributed by atoms with Crippen LogP contribution in [-0.4, -0.2) is 34.1 Å². The molecule has 0 unspecified atom stereocenters. The fourth-order valence-electron chi connectivity index (χ4n) is 3.62. The molecule has 3 rings (SSSR count). The highest BCUT2D eigenvalue weighted by Crippen LogP contribution is 2.33. The van der Waals surface area contributed by atoms with E-state index in [1.807, 2.05) is 69.1 Å². The predicted octanol–water partition coefficient (Wildman–Crippen LogP) is 6.63. The number of hydrogen-bond acceptors (Lipinski definition) is 6. The Morgan fingerprint density at radius 2 is 2.06 bits per heavy atom. The quantitative estimate of drug-likeness (QED) is 0.332. The van der Waals surface area contributed by atoms with Crippen molar-refractivity contribution in [2.45, 2.75) is 47.0 Å². The van der Waals surface area contributed by atoms with Gasteiger partial charge in [0.15, 0.2) is 0 Å². The highest BCUT2D eigenvalue weighted by molar-refractivity contribution is 6.31. The molecule has 1 amide bonds. The lowest BCUT2D eigenvalue weighted by molar-refractivity contribution is 0.0821. The monoisotopic (exact) mass is 494 g/mol. The van der Waals surface area contributed by atoms with Crippen molar-refractivity contribution in [3.63, 3.8) is 0 Å². The van der Waals surface area contributed by atoms with Crippen molar-refractivity contribution in [1.82, 2.24) is 14.9 Å². The van der Waals surface area contributed by atoms with Gasteiger partial charge in [-0.2, -0.15) is 0 Å². The van der Waals surface area contributed by atoms with Crippen LogP contribution in [0.3, 0.4) is 0 Å². The van der Waals surface area contributed by atoms with Gasteiger partial charge in [-0.1, -0.05) is 36.4 Å². The number of benzene rings is 1. The summed E-state index contributed by atoms with van der Waals surface area (Å²) in [5, 5.41) is 1.40. The van der Waals surface area contributed by atoms with E-state index < -0.39 is 6.09 Å². The van der Waals surface area contributed by atoms with Gasteiger partial charge in [0.05, 0.1) is 23.4 Å². The van der Waals surface area contributed by atoms with E-state index in [1.165, 1.54) is 4.90 Å². The molecule has 2 heterocycles. The molecule has 0 saturated carbocycles. The second-order valence-electron chi connectivity index (χ2n) is 8.34. The van der Waals surface area contributed by atoms with Gasteiger partial charge in [0.2, 0.25) is 0 Å². The number of nitrogens with zero attached hydrogens (tertiary/aromatic N) is 4. The van der Waals surface area contributed by atoms with Crippen molar-refractivity contribution in [2.75, 3.05) is 11.9 Å². The van der Waals surface area contributed by atoms with Crippen LogP contribution in [0.5, 0.6) is 5.75 Å². The average molecular weight is 495 g/mol. The van der Waals surface area contributed by atoms with E-state index in [4.69, 9.17) is 26.1 Å². The van der Waals surface area contributed by atoms with E-state index in [1.54, 1.807) is 25.6 Å². The summed E-state index contributed by atoms with van der Waals surface area (Å²) < 4.78 is 11.5. The zero-order valence-corrected chi connectivity index (χ0v) is 21.5. The Morgan fingerprint density at radius 1 is 1.29 bits per heavy atom. The third-order valence-electron chi connectivity index (χ3n) is 5.22. The van der Waals surface area contributed by atoms with Crippen molar-refractivity contribution in [3.8, 4) is 5.75 Å². The van der Waals surface area contributed by atoms with Crippen molar-refractivity contribution >= 4 is 34.3 Å². The number of amides is 1. The SMILES string of the molecule is C=CN(/C=C\C)c1cc(C)nc2c(OCc3c(Cl)cncc3CN(C)C(=O)OC(C)C)cccc12. The van der Waals surface area contributed by atoms with Crippen LogP contribution in [0.4, 0.5) is 10.5 Å². The maximum Gasteiger partial charge on any atom is 0.410 e. The van der Waals surface area contributed by atoms with Gasteiger partial charge in [-0.05, 0) is 45.4 Å². The molecule has 7 nitrogen and oxygen atoms in total. The standard InChI is InChI=1S/C27H31ClN4O3/c1-7-12-32(8-2)24-13-19(5)30-26-21(24)10-9-11-25(26)34-17-22-20(14-29-15-23(22)28)16-31(6)27(33)35-18(3)4/h7-15,18H,2,16-17H2,1,3-6H3/b12-7-. The summed E-state index contributed by atoms with van der Waals surface area (Å²) in [7, 11) is 1.67. The molecule has 0 spiro atoms. The number of para-hydroxylation sites is 1. The van der Waals surface area contributed by atoms with Crippen molar-refractivity contribution in [1.29, 1.82) is 0 Å². The Kier molecular flexibility index (Phi) is 8.71. The molecule has 184 valence electrons. The lowest BCUT2D eigenvalue weighted by Gasteiger charge is -2.21. The number of carbonyl (C=O) groups is 1. The Morgan fingerprint density at radius 3 is 2.74 bits per heavy atom. The summed E-state index contributed by atoms with van der Waals surface area (Å²) >= 11 is 6.49. The summed E-state index contributed by atoms with van der Waals surface area (Å²) in [4.78, 5) is 24.6. The lowest BCUT2D eigenvalue weighted by atomic mass is 10.1. The Balaban J connectivity index is 1.92. The molecule has 1 aromatic carbocycles. The number of rotatable bonds is 9. The molecule has 0 saturated heterocycles. The van der Waals surface area contributed by atoms with Crippen molar-refractivity contribution in [3.05, 3.63) is 83.6 Å². The predicted molar refractivity (Wildman–Crippen MR) is 141 cm³/mol. The van der Waals surface area contributed by atoms with Gasteiger partial charge >= 0.3 is 6.09 Å². The van der Waals surface area contributed by atoms with Crippen LogP contribution in [0.1, 0.15) is 37.6 Å². The number of carbonyl (C=O) groups excluding carboxylic acids is 1. The van der Waals surface area contributed by atoms with E-state index >= 15 is 0 Å². The van der Waals surface area contributed by atoms with Gasteiger partial charge in [0.1, 0.15) is 17.9 Å². The topological polar surface area (TPSA) is 67.8 Å². The number of ether oxygens (including phenoxy) is 2. The molecule has 35 heavy (non-hydrogen) atoms. The van der Waals surface area contributed by atoms with Gasteiger partial charge in [-0.15, -0.1) is 0 Å². The second kappa shape index (κ2) is 11.7. The summed E-state index contributed by atoms with van der Waals surface area (Å²) in [6.45, 7) is 11.9. The normalized spacial score (nSPS) is 11.2. The number of fused-ring (bicyclic) bond motifs is 1. The number of allylic oxidation sites excluding steroid dienone is 1. The highest BCUT2D eigenvalue weighted by Gasteiger charge is 2.18. The van der Waals surface area contributed by atoms with Gasteiger partial charge in [-0.3, -0.25) is 4.98 Å². The zero-order chi connectivity index (χ0) is 25.5. The third kappa shape index (κ3) is 6.31. The van der Waals surface area contributed by atoms with E-state index in [2.05, 4.69) is 11.6 Å². The molecule has 0 N–H and O–H groups in total. The number of aromatic nitrogens is 2. The highest BCUT2D eigenvalue weighted by atomic mass is 35.5. The largest absolute Gasteiger partial charge is 0.487 e. The van der Waals surface area contributed by atoms with E-state index in [0.717, 1.165) is 33.4 Å². The first-order valence-corrected chi connectivity index (χ1v) is 11.7. The van der Waals surface area contributed by atoms with Crippen LogP contribution in [0.2, 0.25) is 5.02 Å². The van der Waals surface area contributed by atoms with Crippen LogP contribution in [-0.2, 0) is 17.9 Å². The molecule has 3 aromatic rings. The van der Waals surface area contributed by atoms with Crippen molar-refractivity contribution in [2.24, 2.45) is 0 Å². The minimum absolute atomic E-state index is 0.188. The molecule has 0 aliphatic rings. The number of anilines is 1. The first-order chi connectivity index (χ1) is 16.7. The molecule has 2 aromatic heterocycles. The summed E-state index contributed by atoms with van der Waals surface area (Å²) in [6, 6.07) is 7.83. The molecule has 0 atom stereocenters. The Hall–Kier alpha value is -3.58. The summed E-state index contributed by atoms with van der Waals surface area (Å²) in [5.74, 6) is 0.628. The Bertz CT molecular complexity index is 1240.